The van der Waals surface area contributed by atoms with E-state index in [2.05, 4.69) is 69.3 Å². The molecular formula is C25H34. The molecule has 1 saturated carbocycles. The van der Waals surface area contributed by atoms with Gasteiger partial charge in [-0.2, -0.15) is 0 Å². The van der Waals surface area contributed by atoms with Gasteiger partial charge in [-0.25, -0.2) is 0 Å². The van der Waals surface area contributed by atoms with Crippen molar-refractivity contribution in [1.29, 1.82) is 0 Å². The van der Waals surface area contributed by atoms with E-state index in [0.29, 0.717) is 0 Å². The highest BCUT2D eigenvalue weighted by atomic mass is 14.3. The van der Waals surface area contributed by atoms with E-state index in [4.69, 9.17) is 0 Å². The third kappa shape index (κ3) is 4.97. The molecule has 3 rings (SSSR count). The first-order chi connectivity index (χ1) is 12.2. The van der Waals surface area contributed by atoms with Gasteiger partial charge < -0.3 is 0 Å². The molecule has 0 heteroatoms. The first-order valence-electron chi connectivity index (χ1n) is 10.3. The molecule has 1 aliphatic carbocycles. The van der Waals surface area contributed by atoms with Crippen LogP contribution >= 0.6 is 0 Å². The van der Waals surface area contributed by atoms with Crippen LogP contribution in [-0.4, -0.2) is 0 Å². The Morgan fingerprint density at radius 3 is 1.88 bits per heavy atom. The van der Waals surface area contributed by atoms with Crippen molar-refractivity contribution in [2.45, 2.75) is 71.6 Å². The lowest BCUT2D eigenvalue weighted by Gasteiger charge is -2.29. The zero-order valence-corrected chi connectivity index (χ0v) is 16.3. The quantitative estimate of drug-likeness (QED) is 0.509. The summed E-state index contributed by atoms with van der Waals surface area (Å²) in [6, 6.07) is 18.5. The second-order valence-electron chi connectivity index (χ2n) is 8.42. The van der Waals surface area contributed by atoms with Crippen LogP contribution in [0.4, 0.5) is 0 Å². The SMILES string of the molecule is CCCc1ccc(-c2ccc(C3CCC(CC(C)C)CC3)cc2)cc1. The molecule has 0 heterocycles. The van der Waals surface area contributed by atoms with Crippen LogP contribution in [0.1, 0.15) is 76.3 Å². The Balaban J connectivity index is 1.61. The zero-order chi connectivity index (χ0) is 17.6. The molecule has 25 heavy (non-hydrogen) atoms. The van der Waals surface area contributed by atoms with Crippen LogP contribution in [0.3, 0.4) is 0 Å². The van der Waals surface area contributed by atoms with Gasteiger partial charge in [0.25, 0.3) is 0 Å². The van der Waals surface area contributed by atoms with E-state index in [1.54, 1.807) is 5.56 Å². The zero-order valence-electron chi connectivity index (χ0n) is 16.3. The van der Waals surface area contributed by atoms with E-state index in [1.807, 2.05) is 0 Å². The molecule has 0 aliphatic heterocycles. The van der Waals surface area contributed by atoms with E-state index < -0.39 is 0 Å². The predicted molar refractivity (Wildman–Crippen MR) is 110 cm³/mol. The maximum Gasteiger partial charge on any atom is -0.0162 e. The van der Waals surface area contributed by atoms with Crippen LogP contribution in [0.2, 0.25) is 0 Å². The van der Waals surface area contributed by atoms with E-state index in [1.165, 1.54) is 61.6 Å². The second kappa shape index (κ2) is 8.70. The van der Waals surface area contributed by atoms with Crippen molar-refractivity contribution in [3.05, 3.63) is 59.7 Å². The molecule has 0 amide bonds. The monoisotopic (exact) mass is 334 g/mol. The Morgan fingerprint density at radius 2 is 1.36 bits per heavy atom. The molecule has 0 atom stereocenters. The fraction of sp³-hybridized carbons (Fsp3) is 0.520. The lowest BCUT2D eigenvalue weighted by Crippen LogP contribution is -2.14. The third-order valence-corrected chi connectivity index (χ3v) is 5.86. The van der Waals surface area contributed by atoms with Gasteiger partial charge in [0.05, 0.1) is 0 Å². The molecule has 0 spiro atoms. The van der Waals surface area contributed by atoms with E-state index in [-0.39, 0.29) is 0 Å². The van der Waals surface area contributed by atoms with Gasteiger partial charge in [-0.15, -0.1) is 0 Å². The van der Waals surface area contributed by atoms with Gasteiger partial charge in [-0.05, 0) is 78.5 Å². The molecule has 2 aromatic carbocycles. The van der Waals surface area contributed by atoms with Crippen LogP contribution in [0.25, 0.3) is 11.1 Å². The highest BCUT2D eigenvalue weighted by Crippen LogP contribution is 2.38. The average molecular weight is 335 g/mol. The van der Waals surface area contributed by atoms with Gasteiger partial charge in [-0.3, -0.25) is 0 Å². The van der Waals surface area contributed by atoms with Gasteiger partial charge in [0, 0.05) is 0 Å². The first-order valence-corrected chi connectivity index (χ1v) is 10.3. The van der Waals surface area contributed by atoms with E-state index in [0.717, 1.165) is 17.8 Å². The summed E-state index contributed by atoms with van der Waals surface area (Å²) >= 11 is 0. The van der Waals surface area contributed by atoms with Gasteiger partial charge in [0.1, 0.15) is 0 Å². The van der Waals surface area contributed by atoms with Crippen molar-refractivity contribution < 1.29 is 0 Å². The molecule has 0 unspecified atom stereocenters. The summed E-state index contributed by atoms with van der Waals surface area (Å²) in [6.07, 6.45) is 9.41. The van der Waals surface area contributed by atoms with E-state index >= 15 is 0 Å². The lowest BCUT2D eigenvalue weighted by molar-refractivity contribution is 0.283. The van der Waals surface area contributed by atoms with Gasteiger partial charge >= 0.3 is 0 Å². The van der Waals surface area contributed by atoms with Crippen molar-refractivity contribution in [1.82, 2.24) is 0 Å². The normalized spacial score (nSPS) is 20.8. The standard InChI is InChI=1S/C25H34/c1-4-5-20-6-10-22(11-7-20)24-14-16-25(17-15-24)23-12-8-21(9-13-23)18-19(2)3/h6-7,10-11,14-17,19,21,23H,4-5,8-9,12-13,18H2,1-3H3. The van der Waals surface area contributed by atoms with Crippen LogP contribution in [0.15, 0.2) is 48.5 Å². The molecule has 134 valence electrons. The fourth-order valence-corrected chi connectivity index (χ4v) is 4.50. The van der Waals surface area contributed by atoms with Crippen LogP contribution in [-0.2, 0) is 6.42 Å². The lowest BCUT2D eigenvalue weighted by atomic mass is 9.76. The molecule has 0 saturated heterocycles. The van der Waals surface area contributed by atoms with Crippen molar-refractivity contribution in [2.75, 3.05) is 0 Å². The molecule has 2 aromatic rings. The minimum atomic E-state index is 0.782. The average Bonchev–Trinajstić information content (AvgIpc) is 2.63. The summed E-state index contributed by atoms with van der Waals surface area (Å²) in [5.41, 5.74) is 5.68. The Morgan fingerprint density at radius 1 is 0.800 bits per heavy atom. The highest BCUT2D eigenvalue weighted by Gasteiger charge is 2.22. The number of aryl methyl sites for hydroxylation is 1. The molecule has 1 aliphatic rings. The molecule has 0 bridgehead atoms. The second-order valence-corrected chi connectivity index (χ2v) is 8.42. The molecule has 0 N–H and O–H groups in total. The molecule has 0 radical (unpaired) electrons. The maximum atomic E-state index is 2.38. The Hall–Kier alpha value is -1.56. The number of rotatable bonds is 6. The fourth-order valence-electron chi connectivity index (χ4n) is 4.50. The predicted octanol–water partition coefficient (Wildman–Crippen LogP) is 7.63. The van der Waals surface area contributed by atoms with Gasteiger partial charge in [0.15, 0.2) is 0 Å². The van der Waals surface area contributed by atoms with Crippen LogP contribution in [0, 0.1) is 11.8 Å². The summed E-state index contributed by atoms with van der Waals surface area (Å²) in [4.78, 5) is 0. The molecular weight excluding hydrogens is 300 g/mol. The number of hydrogen-bond donors (Lipinski definition) is 0. The molecule has 0 nitrogen and oxygen atoms in total. The largest absolute Gasteiger partial charge is 0.0651 e. The third-order valence-electron chi connectivity index (χ3n) is 5.86. The summed E-state index contributed by atoms with van der Waals surface area (Å²) < 4.78 is 0. The minimum absolute atomic E-state index is 0.782. The maximum absolute atomic E-state index is 2.38. The Bertz CT molecular complexity index is 625. The van der Waals surface area contributed by atoms with Crippen molar-refractivity contribution >= 4 is 0 Å². The summed E-state index contributed by atoms with van der Waals surface area (Å²) in [5, 5.41) is 0. The topological polar surface area (TPSA) is 0 Å². The Labute approximate surface area is 154 Å². The Kier molecular flexibility index (Phi) is 6.34. The molecule has 1 fully saturated rings. The summed E-state index contributed by atoms with van der Waals surface area (Å²) in [5.74, 6) is 2.60. The van der Waals surface area contributed by atoms with Crippen molar-refractivity contribution in [3.63, 3.8) is 0 Å². The summed E-state index contributed by atoms with van der Waals surface area (Å²) in [7, 11) is 0. The highest BCUT2D eigenvalue weighted by molar-refractivity contribution is 5.64. The number of benzene rings is 2. The minimum Gasteiger partial charge on any atom is -0.0651 e. The van der Waals surface area contributed by atoms with Gasteiger partial charge in [-0.1, -0.05) is 75.7 Å². The number of hydrogen-bond acceptors (Lipinski definition) is 0. The smallest absolute Gasteiger partial charge is 0.0162 e. The first kappa shape index (κ1) is 18.2. The molecule has 0 aromatic heterocycles. The van der Waals surface area contributed by atoms with Gasteiger partial charge in [0.2, 0.25) is 0 Å². The summed E-state index contributed by atoms with van der Waals surface area (Å²) in [6.45, 7) is 6.96. The van der Waals surface area contributed by atoms with Crippen LogP contribution < -0.4 is 0 Å². The van der Waals surface area contributed by atoms with Crippen molar-refractivity contribution in [2.24, 2.45) is 11.8 Å². The van der Waals surface area contributed by atoms with Crippen molar-refractivity contribution in [3.8, 4) is 11.1 Å². The van der Waals surface area contributed by atoms with Crippen LogP contribution in [0.5, 0.6) is 0 Å². The van der Waals surface area contributed by atoms with E-state index in [9.17, 15) is 0 Å².